The van der Waals surface area contributed by atoms with Gasteiger partial charge in [-0.2, -0.15) is 0 Å². The third-order valence-electron chi connectivity index (χ3n) is 8.52. The molecule has 0 N–H and O–H groups in total. The average molecular weight is 842 g/mol. The first-order valence-electron chi connectivity index (χ1n) is 15.8. The van der Waals surface area contributed by atoms with Crippen molar-refractivity contribution < 1.29 is 33.3 Å². The van der Waals surface area contributed by atoms with E-state index in [0.717, 1.165) is 39.1 Å². The van der Waals surface area contributed by atoms with Gasteiger partial charge in [0.25, 0.3) is 0 Å². The Morgan fingerprint density at radius 3 is 2.27 bits per heavy atom. The van der Waals surface area contributed by atoms with Crippen LogP contribution in [-0.2, 0) is 20.1 Å². The normalized spacial score (nSPS) is 11.4. The van der Waals surface area contributed by atoms with E-state index < -0.39 is 19.7 Å². The van der Waals surface area contributed by atoms with Crippen LogP contribution in [0.5, 0.6) is 0 Å². The fourth-order valence-electron chi connectivity index (χ4n) is 6.05. The summed E-state index contributed by atoms with van der Waals surface area (Å²) in [6.45, 7) is 11.1. The molecule has 0 spiro atoms. The zero-order valence-corrected chi connectivity index (χ0v) is 31.1. The second kappa shape index (κ2) is 13.6. The van der Waals surface area contributed by atoms with Gasteiger partial charge in [-0.3, -0.25) is 9.37 Å². The van der Waals surface area contributed by atoms with Crippen LogP contribution in [0.15, 0.2) is 114 Å². The van der Waals surface area contributed by atoms with Crippen LogP contribution in [-0.4, -0.2) is 22.6 Å². The van der Waals surface area contributed by atoms with Crippen LogP contribution in [0.3, 0.4) is 0 Å². The summed E-state index contributed by atoms with van der Waals surface area (Å²) in [5.74, 6) is -0.317. The van der Waals surface area contributed by atoms with Gasteiger partial charge in [0.15, 0.2) is 0 Å². The number of para-hydroxylation sites is 3. The number of rotatable bonds is 4. The third kappa shape index (κ3) is 6.52. The fourth-order valence-corrected chi connectivity index (χ4v) is 7.09. The zero-order valence-electron chi connectivity index (χ0n) is 27.7. The summed E-state index contributed by atoms with van der Waals surface area (Å²) in [6.07, 6.45) is 2.02. The summed E-state index contributed by atoms with van der Waals surface area (Å²) < 4.78 is 36.8. The summed E-state index contributed by atoms with van der Waals surface area (Å²) in [5.41, 5.74) is 8.07. The van der Waals surface area contributed by atoms with Crippen molar-refractivity contribution in [3.8, 4) is 28.3 Å². The Morgan fingerprint density at radius 1 is 0.816 bits per heavy atom. The summed E-state index contributed by atoms with van der Waals surface area (Å²) >= 11 is 0. The van der Waals surface area contributed by atoms with Crippen molar-refractivity contribution in [1.82, 2.24) is 14.5 Å². The van der Waals surface area contributed by atoms with Gasteiger partial charge in [-0.25, -0.2) is 4.39 Å². The van der Waals surface area contributed by atoms with Crippen molar-refractivity contribution in [1.29, 1.82) is 0 Å². The van der Waals surface area contributed by atoms with Gasteiger partial charge in [-0.15, -0.1) is 48.0 Å². The van der Waals surface area contributed by atoms with Crippen LogP contribution in [0.2, 0.25) is 19.6 Å². The van der Waals surface area contributed by atoms with Gasteiger partial charge in [0, 0.05) is 49.3 Å². The number of furan rings is 1. The topological polar surface area (TPSA) is 43.9 Å². The number of pyridine rings is 1. The molecule has 5 aromatic carbocycles. The van der Waals surface area contributed by atoms with Crippen LogP contribution in [0, 0.1) is 37.6 Å². The minimum Gasteiger partial charge on any atom is -0.500 e. The molecule has 8 rings (SSSR count). The standard InChI is InChI=1S/C27H17F2N2O.C14H16NSi.Ir/c1-15-6-5-7-16(2)25(15)31-22-9-4-3-8-21(22)30-27(31)19-12-13-20(29)24-18-11-10-17(28)14-23(18)32-26(19)24;1-16(2,3)13-9-10-14(15-11-13)12-7-5-4-6-8-12;/h3-11,13-14H,1-2H3;4-7,9-11H,1-3H3;/q2*-1;. The number of fused-ring (bicyclic) bond motifs is 4. The first-order chi connectivity index (χ1) is 23.1. The van der Waals surface area contributed by atoms with E-state index in [9.17, 15) is 8.78 Å². The first-order valence-corrected chi connectivity index (χ1v) is 19.3. The van der Waals surface area contributed by atoms with Crippen molar-refractivity contribution in [2.45, 2.75) is 33.5 Å². The maximum atomic E-state index is 14.9. The SMILES string of the molecule is C[Si](C)(C)c1ccc(-c2[c-]cccc2)nc1.Cc1cccc(C)c1-n1c(-c2[c-]cc(F)c3c2oc2cc(F)ccc23)nc2ccccc21.[Ir]. The van der Waals surface area contributed by atoms with E-state index in [1.165, 1.54) is 29.5 Å². The van der Waals surface area contributed by atoms with Gasteiger partial charge < -0.3 is 14.0 Å². The van der Waals surface area contributed by atoms with Crippen molar-refractivity contribution in [2.24, 2.45) is 0 Å². The summed E-state index contributed by atoms with van der Waals surface area (Å²) in [4.78, 5) is 9.40. The Hall–Kier alpha value is -4.75. The van der Waals surface area contributed by atoms with Crippen LogP contribution < -0.4 is 5.19 Å². The minimum absolute atomic E-state index is 0. The van der Waals surface area contributed by atoms with Crippen molar-refractivity contribution >= 4 is 46.2 Å². The molecule has 0 aliphatic rings. The number of imidazole rings is 1. The molecule has 0 saturated heterocycles. The summed E-state index contributed by atoms with van der Waals surface area (Å²) in [7, 11) is -1.23. The van der Waals surface area contributed by atoms with Crippen molar-refractivity contribution in [2.75, 3.05) is 0 Å². The molecule has 0 aliphatic heterocycles. The van der Waals surface area contributed by atoms with Gasteiger partial charge in [0.05, 0.1) is 30.5 Å². The Kier molecular flexibility index (Phi) is 9.49. The number of aryl methyl sites for hydroxylation is 2. The van der Waals surface area contributed by atoms with Gasteiger partial charge >= 0.3 is 0 Å². The molecule has 3 heterocycles. The van der Waals surface area contributed by atoms with E-state index >= 15 is 0 Å². The van der Waals surface area contributed by atoms with Crippen LogP contribution in [0.1, 0.15) is 11.1 Å². The van der Waals surface area contributed by atoms with Crippen LogP contribution in [0.25, 0.3) is 61.3 Å². The largest absolute Gasteiger partial charge is 0.500 e. The quantitative estimate of drug-likeness (QED) is 0.131. The van der Waals surface area contributed by atoms with E-state index in [1.54, 1.807) is 0 Å². The number of halogens is 2. The molecule has 247 valence electrons. The monoisotopic (exact) mass is 842 g/mol. The number of aromatic nitrogens is 3. The third-order valence-corrected chi connectivity index (χ3v) is 10.6. The number of nitrogens with zero attached hydrogens (tertiary/aromatic N) is 3. The van der Waals surface area contributed by atoms with Crippen LogP contribution >= 0.6 is 0 Å². The second-order valence-corrected chi connectivity index (χ2v) is 18.0. The predicted octanol–water partition coefficient (Wildman–Crippen LogP) is 10.4. The van der Waals surface area contributed by atoms with Gasteiger partial charge in [0.2, 0.25) is 0 Å². The van der Waals surface area contributed by atoms with Gasteiger partial charge in [-0.1, -0.05) is 67.7 Å². The van der Waals surface area contributed by atoms with Crippen molar-refractivity contribution in [3.63, 3.8) is 0 Å². The molecule has 0 bridgehead atoms. The molecule has 8 heteroatoms. The molecule has 0 atom stereocenters. The molecule has 0 unspecified atom stereocenters. The van der Waals surface area contributed by atoms with Crippen LogP contribution in [0.4, 0.5) is 8.78 Å². The number of benzene rings is 5. The molecular formula is C41H33F2IrN3OSi-2. The summed E-state index contributed by atoms with van der Waals surface area (Å²) in [5, 5.41) is 2.21. The van der Waals surface area contributed by atoms with E-state index in [2.05, 4.69) is 79.4 Å². The molecule has 0 aliphatic carbocycles. The predicted molar refractivity (Wildman–Crippen MR) is 193 cm³/mol. The van der Waals surface area contributed by atoms with E-state index in [0.29, 0.717) is 27.7 Å². The Labute approximate surface area is 298 Å². The first kappa shape index (κ1) is 34.1. The average Bonchev–Trinajstić information content (AvgIpc) is 3.64. The van der Waals surface area contributed by atoms with Crippen molar-refractivity contribution in [3.05, 3.63) is 144 Å². The molecule has 0 fully saturated rings. The minimum atomic E-state index is -1.23. The Morgan fingerprint density at radius 2 is 1.57 bits per heavy atom. The fraction of sp³-hybridized carbons (Fsp3) is 0.122. The Bertz CT molecular complexity index is 2410. The maximum absolute atomic E-state index is 14.9. The smallest absolute Gasteiger partial charge is 0.126 e. The van der Waals surface area contributed by atoms with E-state index in [1.807, 2.05) is 60.8 Å². The molecule has 4 nitrogen and oxygen atoms in total. The van der Waals surface area contributed by atoms with E-state index in [-0.39, 0.29) is 25.7 Å². The molecule has 1 radical (unpaired) electrons. The van der Waals surface area contributed by atoms with E-state index in [4.69, 9.17) is 9.40 Å². The Balaban J connectivity index is 0.000000208. The molecule has 0 saturated carbocycles. The molecular weight excluding hydrogens is 809 g/mol. The number of hydrogen-bond acceptors (Lipinski definition) is 3. The zero-order chi connectivity index (χ0) is 33.6. The molecule has 49 heavy (non-hydrogen) atoms. The molecule has 3 aromatic heterocycles. The molecule has 0 amide bonds. The number of hydrogen-bond donors (Lipinski definition) is 0. The second-order valence-electron chi connectivity index (χ2n) is 12.9. The maximum Gasteiger partial charge on any atom is 0.126 e. The van der Waals surface area contributed by atoms with Gasteiger partial charge in [-0.05, 0) is 65.5 Å². The summed E-state index contributed by atoms with van der Waals surface area (Å²) in [6, 6.07) is 37.8. The molecule has 8 aromatic rings. The van der Waals surface area contributed by atoms with Gasteiger partial charge in [0.1, 0.15) is 11.4 Å².